The van der Waals surface area contributed by atoms with Crippen LogP contribution in [0.5, 0.6) is 11.5 Å². The number of carbonyl (C=O) groups excluding carboxylic acids is 1. The van der Waals surface area contributed by atoms with E-state index in [1.165, 1.54) is 0 Å². The Bertz CT molecular complexity index is 937. The van der Waals surface area contributed by atoms with Gasteiger partial charge in [0.1, 0.15) is 24.7 Å². The number of amides is 1. The summed E-state index contributed by atoms with van der Waals surface area (Å²) in [7, 11) is 1.62. The smallest absolute Gasteiger partial charge is 0.254 e. The van der Waals surface area contributed by atoms with Crippen molar-refractivity contribution in [3.8, 4) is 11.5 Å². The molecular formula is C25H27NO3. The maximum absolute atomic E-state index is 12.5. The van der Waals surface area contributed by atoms with Gasteiger partial charge in [-0.25, -0.2) is 0 Å². The standard InChI is InChI=1S/C25H27NO3/c1-18(2)21-14-22(25(27)26-3)24(29-17-20-12-8-5-9-13-20)15-23(21)28-16-19-10-6-4-7-11-19/h4-15,18H,16-17H2,1-3H3,(H,26,27). The maximum atomic E-state index is 12.5. The van der Waals surface area contributed by atoms with E-state index in [-0.39, 0.29) is 11.8 Å². The summed E-state index contributed by atoms with van der Waals surface area (Å²) >= 11 is 0. The molecule has 150 valence electrons. The molecule has 0 aliphatic rings. The Morgan fingerprint density at radius 2 is 1.34 bits per heavy atom. The Labute approximate surface area is 172 Å². The van der Waals surface area contributed by atoms with Crippen LogP contribution in [0.1, 0.15) is 46.8 Å². The summed E-state index contributed by atoms with van der Waals surface area (Å²) in [4.78, 5) is 12.5. The van der Waals surface area contributed by atoms with Crippen molar-refractivity contribution in [2.45, 2.75) is 33.0 Å². The quantitative estimate of drug-likeness (QED) is 0.567. The predicted octanol–water partition coefficient (Wildman–Crippen LogP) is 5.33. The third-order valence-corrected chi connectivity index (χ3v) is 4.68. The average Bonchev–Trinajstić information content (AvgIpc) is 2.76. The minimum absolute atomic E-state index is 0.176. The van der Waals surface area contributed by atoms with Gasteiger partial charge in [0.15, 0.2) is 0 Å². The van der Waals surface area contributed by atoms with Crippen LogP contribution in [-0.2, 0) is 13.2 Å². The van der Waals surface area contributed by atoms with E-state index in [0.717, 1.165) is 22.4 Å². The van der Waals surface area contributed by atoms with Crippen molar-refractivity contribution in [2.24, 2.45) is 0 Å². The molecule has 0 heterocycles. The van der Waals surface area contributed by atoms with E-state index in [1.807, 2.05) is 72.8 Å². The third kappa shape index (κ3) is 5.38. The number of ether oxygens (including phenoxy) is 2. The first-order valence-corrected chi connectivity index (χ1v) is 9.82. The molecule has 0 unspecified atom stereocenters. The molecule has 0 saturated heterocycles. The summed E-state index contributed by atoms with van der Waals surface area (Å²) in [6, 6.07) is 23.6. The Morgan fingerprint density at radius 1 is 0.828 bits per heavy atom. The van der Waals surface area contributed by atoms with E-state index >= 15 is 0 Å². The summed E-state index contributed by atoms with van der Waals surface area (Å²) < 4.78 is 12.2. The van der Waals surface area contributed by atoms with Gasteiger partial charge in [0.05, 0.1) is 5.56 Å². The zero-order valence-corrected chi connectivity index (χ0v) is 17.1. The van der Waals surface area contributed by atoms with Crippen LogP contribution in [0.4, 0.5) is 0 Å². The van der Waals surface area contributed by atoms with Crippen molar-refractivity contribution in [3.63, 3.8) is 0 Å². The second-order valence-electron chi connectivity index (χ2n) is 7.17. The van der Waals surface area contributed by atoms with Crippen LogP contribution in [0.15, 0.2) is 72.8 Å². The molecule has 0 fully saturated rings. The molecule has 0 spiro atoms. The third-order valence-electron chi connectivity index (χ3n) is 4.68. The van der Waals surface area contributed by atoms with Crippen molar-refractivity contribution < 1.29 is 14.3 Å². The highest BCUT2D eigenvalue weighted by Gasteiger charge is 2.19. The number of hydrogen-bond donors (Lipinski definition) is 1. The highest BCUT2D eigenvalue weighted by molar-refractivity contribution is 5.97. The van der Waals surface area contributed by atoms with E-state index < -0.39 is 0 Å². The molecule has 0 aliphatic heterocycles. The van der Waals surface area contributed by atoms with E-state index in [1.54, 1.807) is 7.05 Å². The lowest BCUT2D eigenvalue weighted by Crippen LogP contribution is -2.19. The van der Waals surface area contributed by atoms with Crippen molar-refractivity contribution >= 4 is 5.91 Å². The maximum Gasteiger partial charge on any atom is 0.254 e. The lowest BCUT2D eigenvalue weighted by Gasteiger charge is -2.19. The Kier molecular flexibility index (Phi) is 6.90. The van der Waals surface area contributed by atoms with Crippen LogP contribution in [0, 0.1) is 0 Å². The minimum Gasteiger partial charge on any atom is -0.488 e. The molecule has 3 rings (SSSR count). The molecule has 0 saturated carbocycles. The van der Waals surface area contributed by atoms with Crippen molar-refractivity contribution in [1.29, 1.82) is 0 Å². The molecule has 3 aromatic carbocycles. The molecule has 0 atom stereocenters. The first-order valence-electron chi connectivity index (χ1n) is 9.82. The molecule has 29 heavy (non-hydrogen) atoms. The molecule has 0 aliphatic carbocycles. The van der Waals surface area contributed by atoms with Crippen molar-refractivity contribution in [2.75, 3.05) is 7.05 Å². The Hall–Kier alpha value is -3.27. The van der Waals surface area contributed by atoms with Gasteiger partial charge in [-0.05, 0) is 28.7 Å². The normalized spacial score (nSPS) is 10.6. The van der Waals surface area contributed by atoms with Gasteiger partial charge in [-0.2, -0.15) is 0 Å². The molecule has 0 bridgehead atoms. The predicted molar refractivity (Wildman–Crippen MR) is 115 cm³/mol. The number of rotatable bonds is 8. The molecule has 0 radical (unpaired) electrons. The van der Waals surface area contributed by atoms with E-state index in [0.29, 0.717) is 24.5 Å². The van der Waals surface area contributed by atoms with Crippen LogP contribution in [0.25, 0.3) is 0 Å². The van der Waals surface area contributed by atoms with Gasteiger partial charge in [-0.1, -0.05) is 74.5 Å². The fourth-order valence-corrected chi connectivity index (χ4v) is 3.06. The van der Waals surface area contributed by atoms with Gasteiger partial charge in [0.25, 0.3) is 5.91 Å². The number of hydrogen-bond acceptors (Lipinski definition) is 3. The van der Waals surface area contributed by atoms with Crippen LogP contribution in [-0.4, -0.2) is 13.0 Å². The minimum atomic E-state index is -0.176. The average molecular weight is 389 g/mol. The summed E-state index contributed by atoms with van der Waals surface area (Å²) in [6.07, 6.45) is 0. The zero-order chi connectivity index (χ0) is 20.6. The highest BCUT2D eigenvalue weighted by atomic mass is 16.5. The largest absolute Gasteiger partial charge is 0.488 e. The number of carbonyl (C=O) groups is 1. The summed E-state index contributed by atoms with van der Waals surface area (Å²) in [5.74, 6) is 1.28. The van der Waals surface area contributed by atoms with Gasteiger partial charge >= 0.3 is 0 Å². The summed E-state index contributed by atoms with van der Waals surface area (Å²) in [5, 5.41) is 2.70. The van der Waals surface area contributed by atoms with Gasteiger partial charge in [-0.3, -0.25) is 4.79 Å². The fraction of sp³-hybridized carbons (Fsp3) is 0.240. The topological polar surface area (TPSA) is 47.6 Å². The molecular weight excluding hydrogens is 362 g/mol. The lowest BCUT2D eigenvalue weighted by atomic mass is 9.98. The summed E-state index contributed by atoms with van der Waals surface area (Å²) in [5.41, 5.74) is 3.62. The van der Waals surface area contributed by atoms with E-state index in [9.17, 15) is 4.79 Å². The Morgan fingerprint density at radius 3 is 1.83 bits per heavy atom. The lowest BCUT2D eigenvalue weighted by molar-refractivity contribution is 0.0958. The fourth-order valence-electron chi connectivity index (χ4n) is 3.06. The molecule has 3 aromatic rings. The van der Waals surface area contributed by atoms with Gasteiger partial charge in [0.2, 0.25) is 0 Å². The first-order chi connectivity index (χ1) is 14.1. The van der Waals surface area contributed by atoms with Gasteiger partial charge in [-0.15, -0.1) is 0 Å². The van der Waals surface area contributed by atoms with Gasteiger partial charge in [0, 0.05) is 13.1 Å². The van der Waals surface area contributed by atoms with Crippen molar-refractivity contribution in [1.82, 2.24) is 5.32 Å². The molecule has 0 aromatic heterocycles. The first kappa shape index (κ1) is 20.5. The van der Waals surface area contributed by atoms with Crippen LogP contribution < -0.4 is 14.8 Å². The SMILES string of the molecule is CNC(=O)c1cc(C(C)C)c(OCc2ccccc2)cc1OCc1ccccc1. The number of benzene rings is 3. The molecule has 4 nitrogen and oxygen atoms in total. The molecule has 1 amide bonds. The van der Waals surface area contributed by atoms with E-state index in [2.05, 4.69) is 19.2 Å². The van der Waals surface area contributed by atoms with Gasteiger partial charge < -0.3 is 14.8 Å². The summed E-state index contributed by atoms with van der Waals surface area (Å²) in [6.45, 7) is 5.01. The van der Waals surface area contributed by atoms with E-state index in [4.69, 9.17) is 9.47 Å². The molecule has 4 heteroatoms. The zero-order valence-electron chi connectivity index (χ0n) is 17.1. The van der Waals surface area contributed by atoms with Crippen molar-refractivity contribution in [3.05, 3.63) is 95.1 Å². The second kappa shape index (κ2) is 9.78. The van der Waals surface area contributed by atoms with Crippen LogP contribution in [0.3, 0.4) is 0 Å². The second-order valence-corrected chi connectivity index (χ2v) is 7.17. The van der Waals surface area contributed by atoms with Crippen LogP contribution >= 0.6 is 0 Å². The van der Waals surface area contributed by atoms with Crippen LogP contribution in [0.2, 0.25) is 0 Å². The highest BCUT2D eigenvalue weighted by Crippen LogP contribution is 2.35. The molecule has 1 N–H and O–H groups in total. The Balaban J connectivity index is 1.91. The monoisotopic (exact) mass is 389 g/mol. The number of nitrogens with one attached hydrogen (secondary N) is 1.